The van der Waals surface area contributed by atoms with Crippen LogP contribution in [0.25, 0.3) is 0 Å². The number of carbonyl (C=O) groups excluding carboxylic acids is 1. The minimum Gasteiger partial charge on any atom is -0.493 e. The quantitative estimate of drug-likeness (QED) is 0.819. The molecule has 0 heterocycles. The lowest BCUT2D eigenvalue weighted by atomic mass is 9.86. The lowest BCUT2D eigenvalue weighted by molar-refractivity contribution is -0.153. The molecule has 4 nitrogen and oxygen atoms in total. The SMILES string of the molecule is CCOC(=O)C(O)c1cc(C)c(C)cc1OCC1CCC1. The van der Waals surface area contributed by atoms with Crippen LogP contribution in [0.15, 0.2) is 12.1 Å². The van der Waals surface area contributed by atoms with Crippen LogP contribution < -0.4 is 4.74 Å². The first-order chi connectivity index (χ1) is 10.0. The van der Waals surface area contributed by atoms with E-state index in [2.05, 4.69) is 0 Å². The highest BCUT2D eigenvalue weighted by Gasteiger charge is 2.25. The van der Waals surface area contributed by atoms with Crippen LogP contribution >= 0.6 is 0 Å². The first-order valence-corrected chi connectivity index (χ1v) is 7.61. The fourth-order valence-corrected chi connectivity index (χ4v) is 2.37. The topological polar surface area (TPSA) is 55.8 Å². The third-order valence-electron chi connectivity index (χ3n) is 4.13. The number of esters is 1. The Kier molecular flexibility index (Phi) is 5.23. The van der Waals surface area contributed by atoms with E-state index in [4.69, 9.17) is 9.47 Å². The minimum absolute atomic E-state index is 0.249. The highest BCUT2D eigenvalue weighted by Crippen LogP contribution is 2.32. The molecule has 1 aromatic rings. The molecule has 1 atom stereocenters. The van der Waals surface area contributed by atoms with E-state index in [-0.39, 0.29) is 6.61 Å². The Morgan fingerprint density at radius 2 is 2.00 bits per heavy atom. The zero-order chi connectivity index (χ0) is 15.4. The first kappa shape index (κ1) is 15.8. The van der Waals surface area contributed by atoms with Gasteiger partial charge < -0.3 is 14.6 Å². The maximum absolute atomic E-state index is 11.8. The van der Waals surface area contributed by atoms with Crippen molar-refractivity contribution in [1.29, 1.82) is 0 Å². The molecule has 1 aliphatic carbocycles. The molecule has 0 spiro atoms. The summed E-state index contributed by atoms with van der Waals surface area (Å²) in [6.07, 6.45) is 2.36. The Bertz CT molecular complexity index is 506. The Balaban J connectivity index is 2.19. The van der Waals surface area contributed by atoms with E-state index >= 15 is 0 Å². The smallest absolute Gasteiger partial charge is 0.339 e. The maximum Gasteiger partial charge on any atom is 0.339 e. The van der Waals surface area contributed by atoms with Gasteiger partial charge in [0.25, 0.3) is 0 Å². The van der Waals surface area contributed by atoms with Crippen LogP contribution in [0.4, 0.5) is 0 Å². The lowest BCUT2D eigenvalue weighted by Gasteiger charge is -2.26. The molecule has 1 saturated carbocycles. The Labute approximate surface area is 126 Å². The fraction of sp³-hybridized carbons (Fsp3) is 0.588. The standard InChI is InChI=1S/C17H24O4/c1-4-20-17(19)16(18)14-8-11(2)12(3)9-15(14)21-10-13-6-5-7-13/h8-9,13,16,18H,4-7,10H2,1-3H3. The summed E-state index contributed by atoms with van der Waals surface area (Å²) >= 11 is 0. The number of aliphatic hydroxyl groups excluding tert-OH is 1. The van der Waals surface area contributed by atoms with E-state index in [1.165, 1.54) is 19.3 Å². The highest BCUT2D eigenvalue weighted by molar-refractivity contribution is 5.77. The molecule has 1 unspecified atom stereocenters. The Morgan fingerprint density at radius 1 is 1.33 bits per heavy atom. The molecule has 0 saturated heterocycles. The van der Waals surface area contributed by atoms with Gasteiger partial charge in [0.1, 0.15) is 5.75 Å². The van der Waals surface area contributed by atoms with Gasteiger partial charge in [-0.1, -0.05) is 6.42 Å². The number of benzene rings is 1. The molecule has 0 aromatic heterocycles. The largest absolute Gasteiger partial charge is 0.493 e. The highest BCUT2D eigenvalue weighted by atomic mass is 16.5. The predicted molar refractivity (Wildman–Crippen MR) is 80.3 cm³/mol. The number of aryl methyl sites for hydroxylation is 2. The molecule has 0 radical (unpaired) electrons. The maximum atomic E-state index is 11.8. The third-order valence-corrected chi connectivity index (χ3v) is 4.13. The number of ether oxygens (including phenoxy) is 2. The van der Waals surface area contributed by atoms with Crippen molar-refractivity contribution in [3.63, 3.8) is 0 Å². The van der Waals surface area contributed by atoms with Crippen molar-refractivity contribution in [3.05, 3.63) is 28.8 Å². The van der Waals surface area contributed by atoms with Gasteiger partial charge in [0, 0.05) is 5.56 Å². The van der Waals surface area contributed by atoms with E-state index in [0.29, 0.717) is 23.8 Å². The number of aliphatic hydroxyl groups is 1. The molecular formula is C17H24O4. The van der Waals surface area contributed by atoms with E-state index in [1.807, 2.05) is 26.0 Å². The van der Waals surface area contributed by atoms with E-state index < -0.39 is 12.1 Å². The van der Waals surface area contributed by atoms with E-state index in [0.717, 1.165) is 11.1 Å². The summed E-state index contributed by atoms with van der Waals surface area (Å²) in [6.45, 7) is 6.56. The first-order valence-electron chi connectivity index (χ1n) is 7.61. The van der Waals surface area contributed by atoms with Crippen LogP contribution in [0, 0.1) is 19.8 Å². The zero-order valence-corrected chi connectivity index (χ0v) is 13.0. The summed E-state index contributed by atoms with van der Waals surface area (Å²) < 4.78 is 10.8. The van der Waals surface area contributed by atoms with Gasteiger partial charge in [-0.2, -0.15) is 0 Å². The van der Waals surface area contributed by atoms with Crippen molar-refractivity contribution < 1.29 is 19.4 Å². The summed E-state index contributed by atoms with van der Waals surface area (Å²) in [4.78, 5) is 11.8. The van der Waals surface area contributed by atoms with Crippen molar-refractivity contribution in [1.82, 2.24) is 0 Å². The summed E-state index contributed by atoms with van der Waals surface area (Å²) in [5.41, 5.74) is 2.60. The van der Waals surface area contributed by atoms with Gasteiger partial charge in [0.05, 0.1) is 13.2 Å². The van der Waals surface area contributed by atoms with Gasteiger partial charge in [-0.05, 0) is 62.8 Å². The van der Waals surface area contributed by atoms with Crippen LogP contribution in [-0.2, 0) is 9.53 Å². The molecule has 2 rings (SSSR count). The molecule has 4 heteroatoms. The molecule has 116 valence electrons. The average molecular weight is 292 g/mol. The van der Waals surface area contributed by atoms with Crippen molar-refractivity contribution in [2.24, 2.45) is 5.92 Å². The molecule has 0 amide bonds. The molecule has 0 bridgehead atoms. The summed E-state index contributed by atoms with van der Waals surface area (Å²) in [5, 5.41) is 10.2. The normalized spacial score (nSPS) is 16.2. The Morgan fingerprint density at radius 3 is 2.57 bits per heavy atom. The number of hydrogen-bond donors (Lipinski definition) is 1. The zero-order valence-electron chi connectivity index (χ0n) is 13.0. The van der Waals surface area contributed by atoms with Crippen molar-refractivity contribution in [3.8, 4) is 5.75 Å². The van der Waals surface area contributed by atoms with Crippen molar-refractivity contribution in [2.75, 3.05) is 13.2 Å². The van der Waals surface area contributed by atoms with Crippen molar-refractivity contribution >= 4 is 5.97 Å². The van der Waals surface area contributed by atoms with Crippen LogP contribution in [0.1, 0.15) is 49.0 Å². The second-order valence-corrected chi connectivity index (χ2v) is 5.74. The van der Waals surface area contributed by atoms with Gasteiger partial charge in [0.2, 0.25) is 0 Å². The number of rotatable bonds is 6. The molecule has 1 N–H and O–H groups in total. The molecule has 1 aromatic carbocycles. The predicted octanol–water partition coefficient (Wildman–Crippen LogP) is 3.08. The van der Waals surface area contributed by atoms with Crippen LogP contribution in [0.2, 0.25) is 0 Å². The second-order valence-electron chi connectivity index (χ2n) is 5.74. The van der Waals surface area contributed by atoms with E-state index in [1.54, 1.807) is 6.92 Å². The average Bonchev–Trinajstić information content (AvgIpc) is 2.40. The van der Waals surface area contributed by atoms with Crippen LogP contribution in [-0.4, -0.2) is 24.3 Å². The van der Waals surface area contributed by atoms with Gasteiger partial charge in [-0.3, -0.25) is 0 Å². The molecular weight excluding hydrogens is 268 g/mol. The third kappa shape index (κ3) is 3.76. The minimum atomic E-state index is -1.29. The summed E-state index contributed by atoms with van der Waals surface area (Å²) in [7, 11) is 0. The number of hydrogen-bond acceptors (Lipinski definition) is 4. The summed E-state index contributed by atoms with van der Waals surface area (Å²) in [6, 6.07) is 3.71. The van der Waals surface area contributed by atoms with Gasteiger partial charge >= 0.3 is 5.97 Å². The molecule has 1 fully saturated rings. The second kappa shape index (κ2) is 6.94. The van der Waals surface area contributed by atoms with Crippen LogP contribution in [0.3, 0.4) is 0 Å². The van der Waals surface area contributed by atoms with Crippen LogP contribution in [0.5, 0.6) is 5.75 Å². The van der Waals surface area contributed by atoms with Gasteiger partial charge in [-0.25, -0.2) is 4.79 Å². The molecule has 21 heavy (non-hydrogen) atoms. The fourth-order valence-electron chi connectivity index (χ4n) is 2.37. The molecule has 1 aliphatic rings. The van der Waals surface area contributed by atoms with Crippen molar-refractivity contribution in [2.45, 2.75) is 46.1 Å². The van der Waals surface area contributed by atoms with E-state index in [9.17, 15) is 9.90 Å². The van der Waals surface area contributed by atoms with Gasteiger partial charge in [-0.15, -0.1) is 0 Å². The Hall–Kier alpha value is -1.55. The molecule has 0 aliphatic heterocycles. The lowest BCUT2D eigenvalue weighted by Crippen LogP contribution is -2.21. The van der Waals surface area contributed by atoms with Gasteiger partial charge in [0.15, 0.2) is 6.10 Å². The monoisotopic (exact) mass is 292 g/mol. The number of carbonyl (C=O) groups is 1. The summed E-state index contributed by atoms with van der Waals surface area (Å²) in [5.74, 6) is 0.555.